The van der Waals surface area contributed by atoms with E-state index in [4.69, 9.17) is 11.6 Å². The summed E-state index contributed by atoms with van der Waals surface area (Å²) in [5, 5.41) is 5.74. The van der Waals surface area contributed by atoms with Crippen LogP contribution >= 0.6 is 11.6 Å². The Kier molecular flexibility index (Phi) is 7.84. The Labute approximate surface area is 195 Å². The van der Waals surface area contributed by atoms with Gasteiger partial charge in [0.25, 0.3) is 0 Å². The molecule has 0 saturated carbocycles. The molecule has 2 heterocycles. The molecule has 1 fully saturated rings. The SMILES string of the molecule is CCC(=O)Nc1ccc(C(C)NC(=O)C2CCN(c3ncc(C(F)(F)F)cc3Cl)CC2)cc1. The molecule has 1 aromatic carbocycles. The number of anilines is 2. The van der Waals surface area contributed by atoms with Crippen molar-refractivity contribution in [3.8, 4) is 0 Å². The van der Waals surface area contributed by atoms with Crippen LogP contribution in [0.25, 0.3) is 0 Å². The minimum absolute atomic E-state index is 0.0556. The van der Waals surface area contributed by atoms with Crippen LogP contribution in [0.5, 0.6) is 0 Å². The number of nitrogens with zero attached hydrogens (tertiary/aromatic N) is 2. The van der Waals surface area contributed by atoms with Crippen LogP contribution in [0.4, 0.5) is 24.7 Å². The number of aromatic nitrogens is 1. The first kappa shape index (κ1) is 24.8. The zero-order valence-corrected chi connectivity index (χ0v) is 19.1. The maximum absolute atomic E-state index is 12.8. The number of amides is 2. The number of rotatable bonds is 6. The molecule has 1 saturated heterocycles. The molecule has 178 valence electrons. The third kappa shape index (κ3) is 6.37. The minimum Gasteiger partial charge on any atom is -0.355 e. The first-order chi connectivity index (χ1) is 15.6. The largest absolute Gasteiger partial charge is 0.417 e. The lowest BCUT2D eigenvalue weighted by atomic mass is 9.95. The summed E-state index contributed by atoms with van der Waals surface area (Å²) in [4.78, 5) is 29.9. The number of carbonyl (C=O) groups excluding carboxylic acids is 2. The summed E-state index contributed by atoms with van der Waals surface area (Å²) in [6.07, 6.45) is -2.24. The number of piperidine rings is 1. The Hall–Kier alpha value is -2.81. The Morgan fingerprint density at radius 2 is 1.85 bits per heavy atom. The molecule has 1 aromatic heterocycles. The summed E-state index contributed by atoms with van der Waals surface area (Å²) in [6.45, 7) is 4.60. The Morgan fingerprint density at radius 1 is 1.21 bits per heavy atom. The molecule has 33 heavy (non-hydrogen) atoms. The van der Waals surface area contributed by atoms with E-state index in [1.54, 1.807) is 24.0 Å². The van der Waals surface area contributed by atoms with Crippen molar-refractivity contribution in [2.45, 2.75) is 45.3 Å². The van der Waals surface area contributed by atoms with Gasteiger partial charge in [-0.25, -0.2) is 4.98 Å². The van der Waals surface area contributed by atoms with E-state index in [-0.39, 0.29) is 28.8 Å². The van der Waals surface area contributed by atoms with Crippen molar-refractivity contribution in [1.82, 2.24) is 10.3 Å². The lowest BCUT2D eigenvalue weighted by molar-refractivity contribution is -0.137. The zero-order valence-electron chi connectivity index (χ0n) is 18.4. The Balaban J connectivity index is 1.53. The van der Waals surface area contributed by atoms with Crippen LogP contribution in [0.15, 0.2) is 36.5 Å². The van der Waals surface area contributed by atoms with Gasteiger partial charge in [0.1, 0.15) is 5.82 Å². The predicted octanol–water partition coefficient (Wildman–Crippen LogP) is 5.20. The summed E-state index contributed by atoms with van der Waals surface area (Å²) < 4.78 is 38.5. The maximum atomic E-state index is 12.8. The van der Waals surface area contributed by atoms with Crippen molar-refractivity contribution >= 4 is 34.9 Å². The van der Waals surface area contributed by atoms with Crippen molar-refractivity contribution < 1.29 is 22.8 Å². The van der Waals surface area contributed by atoms with Crippen molar-refractivity contribution in [2.75, 3.05) is 23.3 Å². The summed E-state index contributed by atoms with van der Waals surface area (Å²) >= 11 is 6.04. The lowest BCUT2D eigenvalue weighted by Gasteiger charge is -2.33. The molecule has 0 spiro atoms. The fourth-order valence-electron chi connectivity index (χ4n) is 3.69. The third-order valence-corrected chi connectivity index (χ3v) is 5.97. The van der Waals surface area contributed by atoms with Gasteiger partial charge in [-0.05, 0) is 43.5 Å². The maximum Gasteiger partial charge on any atom is 0.417 e. The summed E-state index contributed by atoms with van der Waals surface area (Å²) in [7, 11) is 0. The van der Waals surface area contributed by atoms with Crippen LogP contribution < -0.4 is 15.5 Å². The monoisotopic (exact) mass is 482 g/mol. The zero-order chi connectivity index (χ0) is 24.2. The first-order valence-electron chi connectivity index (χ1n) is 10.8. The van der Waals surface area contributed by atoms with E-state index in [1.165, 1.54) is 0 Å². The van der Waals surface area contributed by atoms with Gasteiger partial charge in [-0.1, -0.05) is 30.7 Å². The van der Waals surface area contributed by atoms with Crippen molar-refractivity contribution in [2.24, 2.45) is 5.92 Å². The standard InChI is InChI=1S/C23H26ClF3N4O2/c1-3-20(32)30-18-6-4-15(5-7-18)14(2)29-22(33)16-8-10-31(11-9-16)21-19(24)12-17(13-28-21)23(25,26)27/h4-7,12-14,16H,3,8-11H2,1-2H3,(H,29,33)(H,30,32). The fourth-order valence-corrected chi connectivity index (χ4v) is 3.98. The summed E-state index contributed by atoms with van der Waals surface area (Å²) in [6, 6.07) is 7.98. The van der Waals surface area contributed by atoms with Gasteiger partial charge in [0.2, 0.25) is 11.8 Å². The van der Waals surface area contributed by atoms with Crippen molar-refractivity contribution in [3.63, 3.8) is 0 Å². The third-order valence-electron chi connectivity index (χ3n) is 5.69. The molecule has 3 rings (SSSR count). The van der Waals surface area contributed by atoms with Gasteiger partial charge in [0, 0.05) is 37.3 Å². The van der Waals surface area contributed by atoms with Crippen LogP contribution in [0.1, 0.15) is 50.3 Å². The highest BCUT2D eigenvalue weighted by molar-refractivity contribution is 6.33. The molecule has 2 N–H and O–H groups in total. The number of halogens is 4. The number of hydrogen-bond donors (Lipinski definition) is 2. The Bertz CT molecular complexity index is 990. The summed E-state index contributed by atoms with van der Waals surface area (Å²) in [5.74, 6) is -0.0487. The number of alkyl halides is 3. The van der Waals surface area contributed by atoms with Crippen LogP contribution in [0.2, 0.25) is 5.02 Å². The van der Waals surface area contributed by atoms with Crippen molar-refractivity contribution in [3.05, 3.63) is 52.7 Å². The number of pyridine rings is 1. The average Bonchev–Trinajstić information content (AvgIpc) is 2.78. The molecule has 1 aliphatic heterocycles. The predicted molar refractivity (Wildman–Crippen MR) is 121 cm³/mol. The molecule has 10 heteroatoms. The van der Waals surface area contributed by atoms with Gasteiger partial charge in [-0.15, -0.1) is 0 Å². The van der Waals surface area contributed by atoms with E-state index >= 15 is 0 Å². The number of nitrogens with one attached hydrogen (secondary N) is 2. The van der Waals surface area contributed by atoms with Crippen LogP contribution in [-0.2, 0) is 15.8 Å². The van der Waals surface area contributed by atoms with Gasteiger partial charge < -0.3 is 15.5 Å². The fraction of sp³-hybridized carbons (Fsp3) is 0.435. The van der Waals surface area contributed by atoms with E-state index < -0.39 is 11.7 Å². The average molecular weight is 483 g/mol. The molecule has 0 radical (unpaired) electrons. The van der Waals surface area contributed by atoms with Gasteiger partial charge in [-0.3, -0.25) is 9.59 Å². The van der Waals surface area contributed by atoms with Gasteiger partial charge in [0.15, 0.2) is 0 Å². The molecule has 2 aromatic rings. The minimum atomic E-state index is -4.50. The number of benzene rings is 1. The molecule has 2 amide bonds. The molecule has 0 aliphatic carbocycles. The highest BCUT2D eigenvalue weighted by Crippen LogP contribution is 2.34. The second kappa shape index (κ2) is 10.4. The van der Waals surface area contributed by atoms with Crippen LogP contribution in [0, 0.1) is 5.92 Å². The van der Waals surface area contributed by atoms with Crippen LogP contribution in [0.3, 0.4) is 0 Å². The van der Waals surface area contributed by atoms with E-state index in [0.29, 0.717) is 43.9 Å². The second-order valence-corrected chi connectivity index (χ2v) is 8.45. The number of hydrogen-bond acceptors (Lipinski definition) is 4. The van der Waals surface area contributed by atoms with Crippen molar-refractivity contribution in [1.29, 1.82) is 0 Å². The topological polar surface area (TPSA) is 74.3 Å². The first-order valence-corrected chi connectivity index (χ1v) is 11.1. The van der Waals surface area contributed by atoms with Gasteiger partial charge in [0.05, 0.1) is 16.6 Å². The summed E-state index contributed by atoms with van der Waals surface area (Å²) in [5.41, 5.74) is 0.725. The molecular weight excluding hydrogens is 457 g/mol. The van der Waals surface area contributed by atoms with E-state index in [0.717, 1.165) is 17.8 Å². The number of carbonyl (C=O) groups is 2. The highest BCUT2D eigenvalue weighted by atomic mass is 35.5. The molecular formula is C23H26ClF3N4O2. The molecule has 1 unspecified atom stereocenters. The van der Waals surface area contributed by atoms with Crippen LogP contribution in [-0.4, -0.2) is 29.9 Å². The second-order valence-electron chi connectivity index (χ2n) is 8.04. The molecule has 6 nitrogen and oxygen atoms in total. The normalized spacial score (nSPS) is 15.8. The lowest BCUT2D eigenvalue weighted by Crippen LogP contribution is -2.41. The van der Waals surface area contributed by atoms with Gasteiger partial charge in [-0.2, -0.15) is 13.2 Å². The molecule has 1 aliphatic rings. The smallest absolute Gasteiger partial charge is 0.355 e. The molecule has 1 atom stereocenters. The van der Waals surface area contributed by atoms with E-state index in [2.05, 4.69) is 15.6 Å². The quantitative estimate of drug-likeness (QED) is 0.593. The van der Waals surface area contributed by atoms with E-state index in [1.807, 2.05) is 19.1 Å². The van der Waals surface area contributed by atoms with E-state index in [9.17, 15) is 22.8 Å². The molecule has 0 bridgehead atoms. The highest BCUT2D eigenvalue weighted by Gasteiger charge is 2.33. The Morgan fingerprint density at radius 3 is 2.39 bits per heavy atom. The van der Waals surface area contributed by atoms with Gasteiger partial charge >= 0.3 is 6.18 Å².